The summed E-state index contributed by atoms with van der Waals surface area (Å²) in [6.45, 7) is 2.03. The first-order chi connectivity index (χ1) is 6.70. The molecular formula is C10H14ClN3. The molecule has 1 aromatic heterocycles. The number of rotatable bonds is 3. The average molecular weight is 212 g/mol. The molecule has 0 radical (unpaired) electrons. The Bertz CT molecular complexity index is 336. The highest BCUT2D eigenvalue weighted by molar-refractivity contribution is 6.29. The fourth-order valence-electron chi connectivity index (χ4n) is 1.44. The van der Waals surface area contributed by atoms with E-state index < -0.39 is 0 Å². The van der Waals surface area contributed by atoms with Crippen molar-refractivity contribution in [3.8, 4) is 0 Å². The monoisotopic (exact) mass is 211 g/mol. The van der Waals surface area contributed by atoms with Crippen LogP contribution in [-0.2, 0) is 6.42 Å². The van der Waals surface area contributed by atoms with Crippen LogP contribution in [0.25, 0.3) is 0 Å². The summed E-state index contributed by atoms with van der Waals surface area (Å²) in [5, 5.41) is 0.541. The highest BCUT2D eigenvalue weighted by Crippen LogP contribution is 2.29. The van der Waals surface area contributed by atoms with Gasteiger partial charge in [0.25, 0.3) is 0 Å². The summed E-state index contributed by atoms with van der Waals surface area (Å²) in [4.78, 5) is 10.8. The van der Waals surface area contributed by atoms with Gasteiger partial charge in [0.15, 0.2) is 0 Å². The molecule has 1 aliphatic carbocycles. The molecule has 4 heteroatoms. The second-order valence-corrected chi connectivity index (χ2v) is 4.05. The fraction of sp³-hybridized carbons (Fsp3) is 0.600. The van der Waals surface area contributed by atoms with Gasteiger partial charge in [-0.3, -0.25) is 0 Å². The van der Waals surface area contributed by atoms with E-state index in [0.29, 0.717) is 11.2 Å². The Kier molecular flexibility index (Phi) is 2.59. The molecule has 1 fully saturated rings. The van der Waals surface area contributed by atoms with Crippen LogP contribution in [0.5, 0.6) is 0 Å². The molecule has 0 amide bonds. The van der Waals surface area contributed by atoms with Crippen LogP contribution in [0.3, 0.4) is 0 Å². The van der Waals surface area contributed by atoms with Crippen molar-refractivity contribution in [3.63, 3.8) is 0 Å². The van der Waals surface area contributed by atoms with E-state index in [1.54, 1.807) is 0 Å². The Morgan fingerprint density at radius 2 is 2.21 bits per heavy atom. The first-order valence-corrected chi connectivity index (χ1v) is 5.34. The topological polar surface area (TPSA) is 29.0 Å². The largest absolute Gasteiger partial charge is 0.357 e. The summed E-state index contributed by atoms with van der Waals surface area (Å²) < 4.78 is 0. The van der Waals surface area contributed by atoms with Crippen molar-refractivity contribution in [3.05, 3.63) is 17.0 Å². The van der Waals surface area contributed by atoms with Gasteiger partial charge in [0.05, 0.1) is 0 Å². The van der Waals surface area contributed by atoms with Gasteiger partial charge in [0.1, 0.15) is 16.8 Å². The molecule has 0 saturated heterocycles. The lowest BCUT2D eigenvalue weighted by molar-refractivity contribution is 0.855. The number of halogens is 1. The van der Waals surface area contributed by atoms with Crippen molar-refractivity contribution in [1.82, 2.24) is 9.97 Å². The van der Waals surface area contributed by atoms with Crippen molar-refractivity contribution < 1.29 is 0 Å². The van der Waals surface area contributed by atoms with Crippen LogP contribution in [0, 0.1) is 0 Å². The van der Waals surface area contributed by atoms with Crippen LogP contribution in [0.1, 0.15) is 25.6 Å². The molecule has 0 atom stereocenters. The van der Waals surface area contributed by atoms with Gasteiger partial charge in [0.2, 0.25) is 0 Å². The summed E-state index contributed by atoms with van der Waals surface area (Å²) in [7, 11) is 2.07. The third-order valence-electron chi connectivity index (χ3n) is 2.50. The van der Waals surface area contributed by atoms with Crippen LogP contribution in [0.15, 0.2) is 6.07 Å². The van der Waals surface area contributed by atoms with E-state index in [1.165, 1.54) is 12.8 Å². The Hall–Kier alpha value is -0.830. The molecule has 0 aromatic carbocycles. The minimum absolute atomic E-state index is 0.541. The summed E-state index contributed by atoms with van der Waals surface area (Å²) in [5.41, 5.74) is 0. The molecule has 1 heterocycles. The number of hydrogen-bond acceptors (Lipinski definition) is 3. The molecule has 1 saturated carbocycles. The molecule has 3 nitrogen and oxygen atoms in total. The maximum absolute atomic E-state index is 5.92. The van der Waals surface area contributed by atoms with Crippen molar-refractivity contribution in [2.45, 2.75) is 32.2 Å². The van der Waals surface area contributed by atoms with Gasteiger partial charge in [0, 0.05) is 25.6 Å². The smallest absolute Gasteiger partial charge is 0.134 e. The fourth-order valence-corrected chi connectivity index (χ4v) is 1.63. The van der Waals surface area contributed by atoms with Crippen molar-refractivity contribution >= 4 is 17.4 Å². The van der Waals surface area contributed by atoms with Gasteiger partial charge in [-0.15, -0.1) is 0 Å². The van der Waals surface area contributed by atoms with E-state index in [4.69, 9.17) is 11.6 Å². The third-order valence-corrected chi connectivity index (χ3v) is 2.69. The molecule has 14 heavy (non-hydrogen) atoms. The van der Waals surface area contributed by atoms with Crippen LogP contribution in [0.2, 0.25) is 5.15 Å². The van der Waals surface area contributed by atoms with Crippen LogP contribution >= 0.6 is 11.6 Å². The predicted molar refractivity (Wildman–Crippen MR) is 57.8 cm³/mol. The van der Waals surface area contributed by atoms with Crippen molar-refractivity contribution in [2.75, 3.05) is 11.9 Å². The molecule has 1 aromatic rings. The standard InChI is InChI=1S/C10H14ClN3/c1-3-9-12-8(11)6-10(13-9)14(2)7-4-5-7/h6-7H,3-5H2,1-2H3. The minimum Gasteiger partial charge on any atom is -0.357 e. The normalized spacial score (nSPS) is 15.6. The molecule has 76 valence electrons. The van der Waals surface area contributed by atoms with E-state index in [-0.39, 0.29) is 0 Å². The highest BCUT2D eigenvalue weighted by Gasteiger charge is 2.27. The van der Waals surface area contributed by atoms with E-state index >= 15 is 0 Å². The minimum atomic E-state index is 0.541. The van der Waals surface area contributed by atoms with Gasteiger partial charge < -0.3 is 4.90 Å². The number of aromatic nitrogens is 2. The van der Waals surface area contributed by atoms with Gasteiger partial charge in [-0.25, -0.2) is 9.97 Å². The second kappa shape index (κ2) is 3.73. The van der Waals surface area contributed by atoms with Crippen molar-refractivity contribution in [2.24, 2.45) is 0 Å². The lowest BCUT2D eigenvalue weighted by Gasteiger charge is -2.17. The number of hydrogen-bond donors (Lipinski definition) is 0. The number of aryl methyl sites for hydroxylation is 1. The molecule has 0 spiro atoms. The lowest BCUT2D eigenvalue weighted by Crippen LogP contribution is -2.21. The molecule has 2 rings (SSSR count). The van der Waals surface area contributed by atoms with Gasteiger partial charge in [-0.2, -0.15) is 0 Å². The third kappa shape index (κ3) is 1.98. The summed E-state index contributed by atoms with van der Waals surface area (Å²) in [6.07, 6.45) is 3.35. The summed E-state index contributed by atoms with van der Waals surface area (Å²) >= 11 is 5.92. The molecule has 0 aliphatic heterocycles. The molecule has 0 unspecified atom stereocenters. The van der Waals surface area contributed by atoms with Crippen LogP contribution in [0.4, 0.5) is 5.82 Å². The van der Waals surface area contributed by atoms with Crippen LogP contribution < -0.4 is 4.90 Å². The number of nitrogens with zero attached hydrogens (tertiary/aromatic N) is 3. The Balaban J connectivity index is 2.27. The Morgan fingerprint density at radius 1 is 1.50 bits per heavy atom. The highest BCUT2D eigenvalue weighted by atomic mass is 35.5. The SMILES string of the molecule is CCc1nc(Cl)cc(N(C)C2CC2)n1. The zero-order valence-corrected chi connectivity index (χ0v) is 9.25. The zero-order valence-electron chi connectivity index (χ0n) is 8.50. The van der Waals surface area contributed by atoms with Gasteiger partial charge in [-0.05, 0) is 12.8 Å². The summed E-state index contributed by atoms with van der Waals surface area (Å²) in [5.74, 6) is 1.77. The van der Waals surface area contributed by atoms with Crippen molar-refractivity contribution in [1.29, 1.82) is 0 Å². The lowest BCUT2D eigenvalue weighted by atomic mass is 10.4. The Labute approximate surface area is 89.1 Å². The van der Waals surface area contributed by atoms with E-state index in [2.05, 4.69) is 21.9 Å². The van der Waals surface area contributed by atoms with E-state index in [9.17, 15) is 0 Å². The molecular weight excluding hydrogens is 198 g/mol. The molecule has 0 N–H and O–H groups in total. The Morgan fingerprint density at radius 3 is 2.79 bits per heavy atom. The second-order valence-electron chi connectivity index (χ2n) is 3.66. The van der Waals surface area contributed by atoms with E-state index in [0.717, 1.165) is 18.1 Å². The van der Waals surface area contributed by atoms with Gasteiger partial charge >= 0.3 is 0 Å². The molecule has 1 aliphatic rings. The summed E-state index contributed by atoms with van der Waals surface area (Å²) in [6, 6.07) is 2.49. The first-order valence-electron chi connectivity index (χ1n) is 4.97. The average Bonchev–Trinajstić information content (AvgIpc) is 2.99. The van der Waals surface area contributed by atoms with Crippen LogP contribution in [-0.4, -0.2) is 23.1 Å². The van der Waals surface area contributed by atoms with E-state index in [1.807, 2.05) is 13.0 Å². The molecule has 0 bridgehead atoms. The quantitative estimate of drug-likeness (QED) is 0.719. The first kappa shape index (κ1) is 9.71. The zero-order chi connectivity index (χ0) is 10.1. The maximum atomic E-state index is 5.92. The maximum Gasteiger partial charge on any atom is 0.134 e. The van der Waals surface area contributed by atoms with Gasteiger partial charge in [-0.1, -0.05) is 18.5 Å². The number of anilines is 1. The predicted octanol–water partition coefficient (Wildman–Crippen LogP) is 2.29.